The van der Waals surface area contributed by atoms with Crippen LogP contribution in [0.25, 0.3) is 0 Å². The summed E-state index contributed by atoms with van der Waals surface area (Å²) in [6.07, 6.45) is 1.15. The smallest absolute Gasteiger partial charge is 0.222 e. The van der Waals surface area contributed by atoms with Gasteiger partial charge in [-0.1, -0.05) is 19.1 Å². The summed E-state index contributed by atoms with van der Waals surface area (Å²) in [6.45, 7) is 6.48. The van der Waals surface area contributed by atoms with E-state index < -0.39 is 0 Å². The number of nitrogens with two attached hydrogens (primary N) is 1. The lowest BCUT2D eigenvalue weighted by molar-refractivity contribution is -0.132. The van der Waals surface area contributed by atoms with Gasteiger partial charge in [0.2, 0.25) is 5.91 Å². The van der Waals surface area contributed by atoms with E-state index in [0.717, 1.165) is 0 Å². The quantitative estimate of drug-likeness (QED) is 0.684. The SMILES string of the molecule is CCC(=O)N(CCC(N)=S)C(C)C. The molecule has 76 valence electrons. The van der Waals surface area contributed by atoms with Crippen LogP contribution in [0, 0.1) is 0 Å². The fraction of sp³-hybridized carbons (Fsp3) is 0.778. The number of thiocarbonyl (C=S) groups is 1. The van der Waals surface area contributed by atoms with Crippen LogP contribution >= 0.6 is 12.2 Å². The van der Waals surface area contributed by atoms with Gasteiger partial charge in [-0.15, -0.1) is 0 Å². The maximum Gasteiger partial charge on any atom is 0.222 e. The molecule has 0 atom stereocenters. The summed E-state index contributed by atoms with van der Waals surface area (Å²) < 4.78 is 0. The van der Waals surface area contributed by atoms with Crippen LogP contribution in [0.15, 0.2) is 0 Å². The third-order valence-electron chi connectivity index (χ3n) is 1.85. The minimum absolute atomic E-state index is 0.159. The molecule has 0 fully saturated rings. The Balaban J connectivity index is 4.10. The van der Waals surface area contributed by atoms with Crippen molar-refractivity contribution in [1.29, 1.82) is 0 Å². The normalized spacial score (nSPS) is 10.2. The molecule has 0 radical (unpaired) electrons. The highest BCUT2D eigenvalue weighted by Gasteiger charge is 2.14. The summed E-state index contributed by atoms with van der Waals surface area (Å²) in [5.41, 5.74) is 5.38. The summed E-state index contributed by atoms with van der Waals surface area (Å²) in [4.78, 5) is 13.7. The first kappa shape index (κ1) is 12.4. The molecular weight excluding hydrogens is 184 g/mol. The highest BCUT2D eigenvalue weighted by Crippen LogP contribution is 2.02. The molecule has 0 aromatic rings. The molecule has 0 aliphatic heterocycles. The van der Waals surface area contributed by atoms with Crippen LogP contribution in [0.3, 0.4) is 0 Å². The highest BCUT2D eigenvalue weighted by atomic mass is 32.1. The second kappa shape index (κ2) is 5.91. The van der Waals surface area contributed by atoms with Crippen LogP contribution in [0.2, 0.25) is 0 Å². The van der Waals surface area contributed by atoms with Crippen molar-refractivity contribution < 1.29 is 4.79 Å². The lowest BCUT2D eigenvalue weighted by Gasteiger charge is -2.26. The van der Waals surface area contributed by atoms with E-state index in [1.807, 2.05) is 20.8 Å². The number of rotatable bonds is 5. The largest absolute Gasteiger partial charge is 0.393 e. The molecule has 0 unspecified atom stereocenters. The average Bonchev–Trinajstić information content (AvgIpc) is 2.03. The van der Waals surface area contributed by atoms with Gasteiger partial charge in [-0.3, -0.25) is 4.79 Å². The summed E-state index contributed by atoms with van der Waals surface area (Å²) >= 11 is 4.76. The summed E-state index contributed by atoms with van der Waals surface area (Å²) in [5.74, 6) is 0.159. The molecule has 4 heteroatoms. The predicted molar refractivity (Wildman–Crippen MR) is 58.5 cm³/mol. The predicted octanol–water partition coefficient (Wildman–Crippen LogP) is 1.31. The molecule has 0 spiro atoms. The van der Waals surface area contributed by atoms with Crippen molar-refractivity contribution in [3.63, 3.8) is 0 Å². The van der Waals surface area contributed by atoms with E-state index in [0.29, 0.717) is 24.4 Å². The van der Waals surface area contributed by atoms with Crippen molar-refractivity contribution in [2.75, 3.05) is 6.54 Å². The van der Waals surface area contributed by atoms with Gasteiger partial charge in [-0.05, 0) is 13.8 Å². The molecule has 0 aromatic heterocycles. The van der Waals surface area contributed by atoms with Crippen molar-refractivity contribution in [3.8, 4) is 0 Å². The third kappa shape index (κ3) is 4.83. The Hall–Kier alpha value is -0.640. The van der Waals surface area contributed by atoms with Gasteiger partial charge in [-0.25, -0.2) is 0 Å². The molecule has 0 heterocycles. The summed E-state index contributed by atoms with van der Waals surface area (Å²) in [6, 6.07) is 0.224. The van der Waals surface area contributed by atoms with E-state index in [1.165, 1.54) is 0 Å². The second-order valence-corrected chi connectivity index (χ2v) is 3.78. The fourth-order valence-corrected chi connectivity index (χ4v) is 1.20. The molecule has 13 heavy (non-hydrogen) atoms. The zero-order valence-corrected chi connectivity index (χ0v) is 9.36. The van der Waals surface area contributed by atoms with Crippen molar-refractivity contribution in [2.24, 2.45) is 5.73 Å². The Morgan fingerprint density at radius 2 is 2.08 bits per heavy atom. The van der Waals surface area contributed by atoms with Crippen molar-refractivity contribution in [1.82, 2.24) is 4.90 Å². The molecule has 0 aromatic carbocycles. The molecule has 0 bridgehead atoms. The first-order valence-electron chi connectivity index (χ1n) is 4.56. The van der Waals surface area contributed by atoms with E-state index >= 15 is 0 Å². The molecule has 0 aliphatic carbocycles. The van der Waals surface area contributed by atoms with Gasteiger partial charge in [0.15, 0.2) is 0 Å². The van der Waals surface area contributed by atoms with Gasteiger partial charge in [-0.2, -0.15) is 0 Å². The zero-order valence-electron chi connectivity index (χ0n) is 8.54. The van der Waals surface area contributed by atoms with E-state index in [4.69, 9.17) is 18.0 Å². The maximum atomic E-state index is 11.4. The topological polar surface area (TPSA) is 46.3 Å². The molecule has 2 N–H and O–H groups in total. The van der Waals surface area contributed by atoms with Gasteiger partial charge in [0, 0.05) is 25.4 Å². The Labute approximate surface area is 85.3 Å². The van der Waals surface area contributed by atoms with Gasteiger partial charge < -0.3 is 10.6 Å². The molecule has 0 saturated heterocycles. The Morgan fingerprint density at radius 3 is 2.38 bits per heavy atom. The molecule has 3 nitrogen and oxygen atoms in total. The van der Waals surface area contributed by atoms with E-state index in [-0.39, 0.29) is 11.9 Å². The van der Waals surface area contributed by atoms with Crippen LogP contribution in [0.5, 0.6) is 0 Å². The standard InChI is InChI=1S/C9H18N2OS/c1-4-9(12)11(7(2)3)6-5-8(10)13/h7H,4-6H2,1-3H3,(H2,10,13). The van der Waals surface area contributed by atoms with Gasteiger partial charge >= 0.3 is 0 Å². The second-order valence-electron chi connectivity index (χ2n) is 3.25. The monoisotopic (exact) mass is 202 g/mol. The highest BCUT2D eigenvalue weighted by molar-refractivity contribution is 7.80. The van der Waals surface area contributed by atoms with Crippen LogP contribution < -0.4 is 5.73 Å². The number of hydrogen-bond donors (Lipinski definition) is 1. The summed E-state index contributed by atoms with van der Waals surface area (Å²) in [7, 11) is 0. The Bertz CT molecular complexity index is 192. The first-order chi connectivity index (χ1) is 5.99. The van der Waals surface area contributed by atoms with E-state index in [1.54, 1.807) is 4.90 Å². The minimum atomic E-state index is 0.159. The maximum absolute atomic E-state index is 11.4. The minimum Gasteiger partial charge on any atom is -0.393 e. The first-order valence-corrected chi connectivity index (χ1v) is 4.97. The zero-order chi connectivity index (χ0) is 10.4. The van der Waals surface area contributed by atoms with Crippen LogP contribution in [0.4, 0.5) is 0 Å². The van der Waals surface area contributed by atoms with Crippen molar-refractivity contribution in [2.45, 2.75) is 39.7 Å². The van der Waals surface area contributed by atoms with Crippen LogP contribution in [-0.4, -0.2) is 28.4 Å². The third-order valence-corrected chi connectivity index (χ3v) is 2.05. The number of nitrogens with zero attached hydrogens (tertiary/aromatic N) is 1. The Morgan fingerprint density at radius 1 is 1.54 bits per heavy atom. The van der Waals surface area contributed by atoms with Crippen molar-refractivity contribution in [3.05, 3.63) is 0 Å². The van der Waals surface area contributed by atoms with Crippen molar-refractivity contribution >= 4 is 23.1 Å². The van der Waals surface area contributed by atoms with E-state index in [9.17, 15) is 4.79 Å². The van der Waals surface area contributed by atoms with Gasteiger partial charge in [0.25, 0.3) is 0 Å². The Kier molecular flexibility index (Phi) is 5.62. The molecular formula is C9H18N2OS. The van der Waals surface area contributed by atoms with E-state index in [2.05, 4.69) is 0 Å². The molecule has 0 saturated carbocycles. The van der Waals surface area contributed by atoms with Gasteiger partial charge in [0.05, 0.1) is 4.99 Å². The molecule has 0 rings (SSSR count). The molecule has 0 aliphatic rings. The lowest BCUT2D eigenvalue weighted by atomic mass is 10.2. The number of carbonyl (C=O) groups is 1. The lowest BCUT2D eigenvalue weighted by Crippen LogP contribution is -2.38. The number of amides is 1. The van der Waals surface area contributed by atoms with Gasteiger partial charge in [0.1, 0.15) is 0 Å². The average molecular weight is 202 g/mol. The summed E-state index contributed by atoms with van der Waals surface area (Å²) in [5, 5.41) is 0. The molecule has 1 amide bonds. The number of hydrogen-bond acceptors (Lipinski definition) is 2. The van der Waals surface area contributed by atoms with Crippen LogP contribution in [-0.2, 0) is 4.79 Å². The number of carbonyl (C=O) groups excluding carboxylic acids is 1. The fourth-order valence-electron chi connectivity index (χ4n) is 1.10. The van der Waals surface area contributed by atoms with Crippen LogP contribution in [0.1, 0.15) is 33.6 Å².